The zero-order valence-corrected chi connectivity index (χ0v) is 10.5. The van der Waals surface area contributed by atoms with Crippen molar-refractivity contribution < 1.29 is 19.7 Å². The van der Waals surface area contributed by atoms with Gasteiger partial charge in [-0.05, 0) is 32.0 Å². The normalized spacial score (nSPS) is 11.3. The molecule has 5 heteroatoms. The van der Waals surface area contributed by atoms with Crippen LogP contribution in [0.4, 0.5) is 0 Å². The summed E-state index contributed by atoms with van der Waals surface area (Å²) in [4.78, 5) is 10.9. The lowest BCUT2D eigenvalue weighted by molar-refractivity contribution is 0.0548. The molecule has 0 atom stereocenters. The monoisotopic (exact) mass is 258 g/mol. The zero-order valence-electron chi connectivity index (χ0n) is 9.74. The van der Waals surface area contributed by atoms with Gasteiger partial charge in [-0.3, -0.25) is 0 Å². The molecular formula is C12H15ClO4. The number of halogens is 1. The van der Waals surface area contributed by atoms with Gasteiger partial charge in [0.05, 0.1) is 12.2 Å². The van der Waals surface area contributed by atoms with Gasteiger partial charge in [-0.15, -0.1) is 0 Å². The molecule has 0 aliphatic carbocycles. The average Bonchev–Trinajstić information content (AvgIpc) is 2.15. The van der Waals surface area contributed by atoms with Crippen molar-refractivity contribution in [2.45, 2.75) is 25.9 Å². The van der Waals surface area contributed by atoms with Gasteiger partial charge >= 0.3 is 5.97 Å². The van der Waals surface area contributed by atoms with Crippen LogP contribution in [0.25, 0.3) is 0 Å². The molecule has 1 aromatic carbocycles. The van der Waals surface area contributed by atoms with E-state index in [1.807, 2.05) is 0 Å². The number of carboxylic acid groups (broad SMARTS) is 1. The fourth-order valence-electron chi connectivity index (χ4n) is 1.20. The van der Waals surface area contributed by atoms with Crippen LogP contribution in [0, 0.1) is 0 Å². The number of aliphatic hydroxyl groups is 1. The summed E-state index contributed by atoms with van der Waals surface area (Å²) >= 11 is 5.77. The first-order valence-electron chi connectivity index (χ1n) is 5.17. The van der Waals surface area contributed by atoms with Gasteiger partial charge in [0.25, 0.3) is 0 Å². The summed E-state index contributed by atoms with van der Waals surface area (Å²) in [5.74, 6) is -0.853. The Hall–Kier alpha value is -1.26. The fraction of sp³-hybridized carbons (Fsp3) is 0.417. The summed E-state index contributed by atoms with van der Waals surface area (Å²) in [7, 11) is 0. The van der Waals surface area contributed by atoms with Gasteiger partial charge in [0, 0.05) is 11.4 Å². The van der Waals surface area contributed by atoms with Crippen LogP contribution >= 0.6 is 11.6 Å². The van der Waals surface area contributed by atoms with E-state index in [4.69, 9.17) is 21.4 Å². The minimum atomic E-state index is -1.07. The molecule has 1 aromatic rings. The third-order valence-electron chi connectivity index (χ3n) is 2.15. The van der Waals surface area contributed by atoms with Crippen LogP contribution in [0.1, 0.15) is 30.6 Å². The first-order chi connectivity index (χ1) is 7.79. The predicted octanol–water partition coefficient (Wildman–Crippen LogP) is 2.58. The summed E-state index contributed by atoms with van der Waals surface area (Å²) in [6.45, 7) is 3.54. The molecule has 4 nitrogen and oxygen atoms in total. The largest absolute Gasteiger partial charge is 0.493 e. The molecule has 1 rings (SSSR count). The predicted molar refractivity (Wildman–Crippen MR) is 64.8 cm³/mol. The van der Waals surface area contributed by atoms with Crippen molar-refractivity contribution in [3.8, 4) is 5.75 Å². The van der Waals surface area contributed by atoms with E-state index in [9.17, 15) is 9.90 Å². The van der Waals surface area contributed by atoms with Gasteiger partial charge < -0.3 is 14.9 Å². The Labute approximate surface area is 105 Å². The van der Waals surface area contributed by atoms with Gasteiger partial charge in [-0.2, -0.15) is 0 Å². The van der Waals surface area contributed by atoms with Crippen molar-refractivity contribution in [2.24, 2.45) is 0 Å². The van der Waals surface area contributed by atoms with Crippen LogP contribution < -0.4 is 4.74 Å². The number of benzene rings is 1. The molecule has 0 aromatic heterocycles. The molecule has 2 N–H and O–H groups in total. The van der Waals surface area contributed by atoms with Crippen molar-refractivity contribution in [3.63, 3.8) is 0 Å². The Balaban J connectivity index is 2.75. The highest BCUT2D eigenvalue weighted by atomic mass is 35.5. The summed E-state index contributed by atoms with van der Waals surface area (Å²) < 4.78 is 5.33. The van der Waals surface area contributed by atoms with Crippen molar-refractivity contribution in [1.82, 2.24) is 0 Å². The minimum absolute atomic E-state index is 0.0603. The lowest BCUT2D eigenvalue weighted by atomic mass is 10.1. The van der Waals surface area contributed by atoms with Crippen LogP contribution in [0.15, 0.2) is 18.2 Å². The van der Waals surface area contributed by atoms with Gasteiger partial charge in [0.15, 0.2) is 0 Å². The van der Waals surface area contributed by atoms with Gasteiger partial charge in [0.2, 0.25) is 0 Å². The van der Waals surface area contributed by atoms with E-state index in [0.717, 1.165) is 0 Å². The Morgan fingerprint density at radius 1 is 1.47 bits per heavy atom. The molecule has 0 aliphatic heterocycles. The van der Waals surface area contributed by atoms with E-state index >= 15 is 0 Å². The van der Waals surface area contributed by atoms with Gasteiger partial charge in [-0.25, -0.2) is 4.79 Å². The second-order valence-electron chi connectivity index (χ2n) is 4.36. The van der Waals surface area contributed by atoms with Crippen LogP contribution in [0.3, 0.4) is 0 Å². The van der Waals surface area contributed by atoms with Crippen molar-refractivity contribution in [2.75, 3.05) is 6.61 Å². The van der Waals surface area contributed by atoms with Crippen LogP contribution in [-0.4, -0.2) is 28.4 Å². The van der Waals surface area contributed by atoms with E-state index in [-0.39, 0.29) is 17.9 Å². The van der Waals surface area contributed by atoms with Crippen molar-refractivity contribution >= 4 is 17.6 Å². The maximum absolute atomic E-state index is 10.9. The lowest BCUT2D eigenvalue weighted by Gasteiger charge is -2.17. The lowest BCUT2D eigenvalue weighted by Crippen LogP contribution is -2.22. The molecule has 0 heterocycles. The molecule has 0 bridgehead atoms. The maximum atomic E-state index is 10.9. The highest BCUT2D eigenvalue weighted by Crippen LogP contribution is 2.24. The minimum Gasteiger partial charge on any atom is -0.493 e. The van der Waals surface area contributed by atoms with E-state index < -0.39 is 11.6 Å². The number of ether oxygens (including phenoxy) is 1. The summed E-state index contributed by atoms with van der Waals surface area (Å²) in [5, 5.41) is 18.9. The Morgan fingerprint density at radius 2 is 2.12 bits per heavy atom. The fourth-order valence-corrected chi connectivity index (χ4v) is 1.37. The molecule has 0 aliphatic rings. The first kappa shape index (κ1) is 13.8. The highest BCUT2D eigenvalue weighted by Gasteiger charge is 2.15. The van der Waals surface area contributed by atoms with E-state index in [1.54, 1.807) is 13.8 Å². The van der Waals surface area contributed by atoms with Gasteiger partial charge in [-0.1, -0.05) is 11.6 Å². The smallest absolute Gasteiger partial charge is 0.339 e. The standard InChI is InChI=1S/C12H15ClO4/c1-12(2,16)5-6-17-10-7-8(13)3-4-9(10)11(14)15/h3-4,7,16H,5-6H2,1-2H3,(H,14,15). The average molecular weight is 259 g/mol. The third kappa shape index (κ3) is 4.63. The molecule has 0 fully saturated rings. The molecule has 0 spiro atoms. The number of rotatable bonds is 5. The van der Waals surface area contributed by atoms with Gasteiger partial charge in [0.1, 0.15) is 11.3 Å². The molecule has 0 radical (unpaired) electrons. The number of hydrogen-bond donors (Lipinski definition) is 2. The number of hydrogen-bond acceptors (Lipinski definition) is 3. The second kappa shape index (κ2) is 5.38. The SMILES string of the molecule is CC(C)(O)CCOc1cc(Cl)ccc1C(=O)O. The Bertz CT molecular complexity index is 409. The quantitative estimate of drug-likeness (QED) is 0.852. The number of carboxylic acids is 1. The molecule has 94 valence electrons. The maximum Gasteiger partial charge on any atom is 0.339 e. The number of carbonyl (C=O) groups is 1. The summed E-state index contributed by atoms with van der Waals surface area (Å²) in [6, 6.07) is 4.34. The Morgan fingerprint density at radius 3 is 2.65 bits per heavy atom. The first-order valence-corrected chi connectivity index (χ1v) is 5.55. The van der Waals surface area contributed by atoms with Crippen molar-refractivity contribution in [3.05, 3.63) is 28.8 Å². The molecule has 0 amide bonds. The molecule has 0 saturated carbocycles. The Kier molecular flexibility index (Phi) is 4.37. The molecule has 0 unspecified atom stereocenters. The van der Waals surface area contributed by atoms with Crippen LogP contribution in [0.2, 0.25) is 5.02 Å². The highest BCUT2D eigenvalue weighted by molar-refractivity contribution is 6.30. The molecule has 0 saturated heterocycles. The topological polar surface area (TPSA) is 66.8 Å². The van der Waals surface area contributed by atoms with Crippen LogP contribution in [-0.2, 0) is 0 Å². The summed E-state index contributed by atoms with van der Waals surface area (Å²) in [5.41, 5.74) is -0.785. The third-order valence-corrected chi connectivity index (χ3v) is 2.38. The summed E-state index contributed by atoms with van der Waals surface area (Å²) in [6.07, 6.45) is 0.401. The number of aromatic carboxylic acids is 1. The van der Waals surface area contributed by atoms with E-state index in [2.05, 4.69) is 0 Å². The van der Waals surface area contributed by atoms with Crippen LogP contribution in [0.5, 0.6) is 5.75 Å². The van der Waals surface area contributed by atoms with Crippen molar-refractivity contribution in [1.29, 1.82) is 0 Å². The zero-order chi connectivity index (χ0) is 13.1. The molecular weight excluding hydrogens is 244 g/mol. The van der Waals surface area contributed by atoms with E-state index in [0.29, 0.717) is 11.4 Å². The molecule has 17 heavy (non-hydrogen) atoms. The second-order valence-corrected chi connectivity index (χ2v) is 4.79. The van der Waals surface area contributed by atoms with E-state index in [1.165, 1.54) is 18.2 Å².